The van der Waals surface area contributed by atoms with Crippen LogP contribution in [0.4, 0.5) is 5.82 Å². The van der Waals surface area contributed by atoms with E-state index in [0.717, 1.165) is 16.7 Å². The lowest BCUT2D eigenvalue weighted by atomic mass is 10.1. The molecule has 0 spiro atoms. The first kappa shape index (κ1) is 14.7. The molecule has 2 amide bonds. The molecule has 0 aliphatic carbocycles. The Morgan fingerprint density at radius 1 is 1.00 bits per heavy atom. The Balaban J connectivity index is 1.88. The van der Waals surface area contributed by atoms with Crippen molar-refractivity contribution in [3.05, 3.63) is 59.3 Å². The van der Waals surface area contributed by atoms with Crippen LogP contribution < -0.4 is 10.6 Å². The molecule has 0 saturated carbocycles. The van der Waals surface area contributed by atoms with Gasteiger partial charge in [0.25, 0.3) is 0 Å². The second-order valence-electron chi connectivity index (χ2n) is 4.84. The Hall–Kier alpha value is -2.69. The summed E-state index contributed by atoms with van der Waals surface area (Å²) in [5, 5.41) is 5.04. The van der Waals surface area contributed by atoms with Gasteiger partial charge in [-0.1, -0.05) is 29.8 Å². The highest BCUT2D eigenvalue weighted by molar-refractivity contribution is 6.39. The summed E-state index contributed by atoms with van der Waals surface area (Å²) in [5.41, 5.74) is 3.05. The van der Waals surface area contributed by atoms with Gasteiger partial charge in [-0.2, -0.15) is 0 Å². The Kier molecular flexibility index (Phi) is 4.66. The fourth-order valence-electron chi connectivity index (χ4n) is 1.75. The minimum atomic E-state index is -0.722. The summed E-state index contributed by atoms with van der Waals surface area (Å²) < 4.78 is 0. The zero-order valence-corrected chi connectivity index (χ0v) is 12.0. The SMILES string of the molecule is Cc1ccc(CNC(=O)C(=O)Nc2cc(C)ccn2)cc1. The van der Waals surface area contributed by atoms with Crippen LogP contribution in [-0.2, 0) is 16.1 Å². The molecule has 0 atom stereocenters. The molecule has 2 N–H and O–H groups in total. The third-order valence-corrected chi connectivity index (χ3v) is 2.94. The zero-order valence-electron chi connectivity index (χ0n) is 12.0. The number of carbonyl (C=O) groups is 2. The van der Waals surface area contributed by atoms with Gasteiger partial charge in [0.1, 0.15) is 5.82 Å². The maximum Gasteiger partial charge on any atom is 0.314 e. The average molecular weight is 283 g/mol. The third kappa shape index (κ3) is 4.42. The number of nitrogens with one attached hydrogen (secondary N) is 2. The van der Waals surface area contributed by atoms with E-state index in [4.69, 9.17) is 0 Å². The van der Waals surface area contributed by atoms with Gasteiger partial charge in [0.05, 0.1) is 0 Å². The van der Waals surface area contributed by atoms with Crippen LogP contribution in [0, 0.1) is 13.8 Å². The first-order valence-electron chi connectivity index (χ1n) is 6.62. The molecule has 0 radical (unpaired) electrons. The predicted octanol–water partition coefficient (Wildman–Crippen LogP) is 1.95. The molecule has 2 rings (SSSR count). The summed E-state index contributed by atoms with van der Waals surface area (Å²) in [6.07, 6.45) is 1.58. The fourth-order valence-corrected chi connectivity index (χ4v) is 1.75. The van der Waals surface area contributed by atoms with E-state index in [1.54, 1.807) is 12.3 Å². The van der Waals surface area contributed by atoms with Crippen molar-refractivity contribution in [2.24, 2.45) is 0 Å². The van der Waals surface area contributed by atoms with Gasteiger partial charge in [-0.3, -0.25) is 9.59 Å². The first-order valence-corrected chi connectivity index (χ1v) is 6.62. The molecular formula is C16H17N3O2. The number of rotatable bonds is 3. The van der Waals surface area contributed by atoms with Crippen molar-refractivity contribution in [3.8, 4) is 0 Å². The van der Waals surface area contributed by atoms with Crippen LogP contribution in [0.25, 0.3) is 0 Å². The van der Waals surface area contributed by atoms with E-state index in [1.165, 1.54) is 0 Å². The van der Waals surface area contributed by atoms with Crippen LogP contribution in [-0.4, -0.2) is 16.8 Å². The quantitative estimate of drug-likeness (QED) is 0.846. The summed E-state index contributed by atoms with van der Waals surface area (Å²) in [4.78, 5) is 27.4. The van der Waals surface area contributed by atoms with Gasteiger partial charge in [0, 0.05) is 12.7 Å². The van der Waals surface area contributed by atoms with Crippen molar-refractivity contribution >= 4 is 17.6 Å². The minimum absolute atomic E-state index is 0.313. The largest absolute Gasteiger partial charge is 0.344 e. The molecule has 1 aromatic carbocycles. The Labute approximate surface area is 123 Å². The van der Waals surface area contributed by atoms with Crippen molar-refractivity contribution in [2.45, 2.75) is 20.4 Å². The molecule has 0 fully saturated rings. The standard InChI is InChI=1S/C16H17N3O2/c1-11-3-5-13(6-4-11)10-18-15(20)16(21)19-14-9-12(2)7-8-17-14/h3-9H,10H2,1-2H3,(H,18,20)(H,17,19,21). The topological polar surface area (TPSA) is 71.1 Å². The van der Waals surface area contributed by atoms with Crippen molar-refractivity contribution in [1.29, 1.82) is 0 Å². The maximum atomic E-state index is 11.7. The third-order valence-electron chi connectivity index (χ3n) is 2.94. The number of anilines is 1. The summed E-state index contributed by atoms with van der Waals surface area (Å²) >= 11 is 0. The molecule has 1 heterocycles. The highest BCUT2D eigenvalue weighted by Crippen LogP contribution is 2.05. The summed E-state index contributed by atoms with van der Waals surface area (Å²) in [6, 6.07) is 11.2. The smallest absolute Gasteiger partial charge is 0.314 e. The van der Waals surface area contributed by atoms with E-state index >= 15 is 0 Å². The molecule has 21 heavy (non-hydrogen) atoms. The van der Waals surface area contributed by atoms with Crippen molar-refractivity contribution < 1.29 is 9.59 Å². The molecule has 1 aromatic heterocycles. The summed E-state index contributed by atoms with van der Waals surface area (Å²) in [6.45, 7) is 4.19. The second kappa shape index (κ2) is 6.65. The molecule has 0 saturated heterocycles. The van der Waals surface area contributed by atoms with Gasteiger partial charge in [-0.25, -0.2) is 4.98 Å². The van der Waals surface area contributed by atoms with E-state index < -0.39 is 11.8 Å². The average Bonchev–Trinajstić information content (AvgIpc) is 2.46. The van der Waals surface area contributed by atoms with Gasteiger partial charge in [0.2, 0.25) is 0 Å². The number of carbonyl (C=O) groups excluding carboxylic acids is 2. The molecule has 108 valence electrons. The van der Waals surface area contributed by atoms with Crippen LogP contribution >= 0.6 is 0 Å². The Morgan fingerprint density at radius 2 is 1.71 bits per heavy atom. The minimum Gasteiger partial charge on any atom is -0.344 e. The molecule has 0 aliphatic rings. The Bertz CT molecular complexity index is 651. The zero-order chi connectivity index (χ0) is 15.2. The second-order valence-corrected chi connectivity index (χ2v) is 4.84. The number of amides is 2. The van der Waals surface area contributed by atoms with Gasteiger partial charge < -0.3 is 10.6 Å². The van der Waals surface area contributed by atoms with E-state index in [1.807, 2.05) is 44.2 Å². The van der Waals surface area contributed by atoms with E-state index in [2.05, 4.69) is 15.6 Å². The van der Waals surface area contributed by atoms with Crippen LogP contribution in [0.2, 0.25) is 0 Å². The van der Waals surface area contributed by atoms with E-state index in [-0.39, 0.29) is 0 Å². The van der Waals surface area contributed by atoms with E-state index in [9.17, 15) is 9.59 Å². The van der Waals surface area contributed by atoms with Crippen LogP contribution in [0.3, 0.4) is 0 Å². The van der Waals surface area contributed by atoms with Gasteiger partial charge in [-0.05, 0) is 37.1 Å². The van der Waals surface area contributed by atoms with Crippen molar-refractivity contribution in [3.63, 3.8) is 0 Å². The lowest BCUT2D eigenvalue weighted by molar-refractivity contribution is -0.136. The van der Waals surface area contributed by atoms with Crippen molar-refractivity contribution in [2.75, 3.05) is 5.32 Å². The van der Waals surface area contributed by atoms with Gasteiger partial charge in [0.15, 0.2) is 0 Å². The fraction of sp³-hybridized carbons (Fsp3) is 0.188. The predicted molar refractivity (Wildman–Crippen MR) is 80.6 cm³/mol. The number of hydrogen-bond acceptors (Lipinski definition) is 3. The highest BCUT2D eigenvalue weighted by Gasteiger charge is 2.13. The highest BCUT2D eigenvalue weighted by atomic mass is 16.2. The van der Waals surface area contributed by atoms with Crippen LogP contribution in [0.5, 0.6) is 0 Å². The van der Waals surface area contributed by atoms with Gasteiger partial charge >= 0.3 is 11.8 Å². The molecule has 5 nitrogen and oxygen atoms in total. The normalized spacial score (nSPS) is 10.0. The molecule has 0 aliphatic heterocycles. The lowest BCUT2D eigenvalue weighted by Gasteiger charge is -2.06. The number of benzene rings is 1. The van der Waals surface area contributed by atoms with Crippen molar-refractivity contribution in [1.82, 2.24) is 10.3 Å². The monoisotopic (exact) mass is 283 g/mol. The number of pyridine rings is 1. The lowest BCUT2D eigenvalue weighted by Crippen LogP contribution is -2.35. The first-order chi connectivity index (χ1) is 10.0. The summed E-state index contributed by atoms with van der Waals surface area (Å²) in [7, 11) is 0. The van der Waals surface area contributed by atoms with Crippen LogP contribution in [0.15, 0.2) is 42.6 Å². The maximum absolute atomic E-state index is 11.7. The number of nitrogens with zero attached hydrogens (tertiary/aromatic N) is 1. The molecular weight excluding hydrogens is 266 g/mol. The molecule has 0 unspecified atom stereocenters. The summed E-state index contributed by atoms with van der Waals surface area (Å²) in [5.74, 6) is -1.04. The van der Waals surface area contributed by atoms with E-state index in [0.29, 0.717) is 12.4 Å². The molecule has 5 heteroatoms. The number of aromatic nitrogens is 1. The van der Waals surface area contributed by atoms with Gasteiger partial charge in [-0.15, -0.1) is 0 Å². The number of aryl methyl sites for hydroxylation is 2. The van der Waals surface area contributed by atoms with Crippen LogP contribution in [0.1, 0.15) is 16.7 Å². The number of hydrogen-bond donors (Lipinski definition) is 2. The Morgan fingerprint density at radius 3 is 2.38 bits per heavy atom. The molecule has 2 aromatic rings. The molecule has 0 bridgehead atoms.